The van der Waals surface area contributed by atoms with Gasteiger partial charge in [0, 0.05) is 56.3 Å². The molecule has 3 aromatic rings. The van der Waals surface area contributed by atoms with Gasteiger partial charge in [-0.25, -0.2) is 4.39 Å². The number of nitrogens with zero attached hydrogens (tertiary/aromatic N) is 3. The predicted octanol–water partition coefficient (Wildman–Crippen LogP) is 3.87. The van der Waals surface area contributed by atoms with E-state index < -0.39 is 23.7 Å². The monoisotopic (exact) mass is 574 g/mol. The quantitative estimate of drug-likeness (QED) is 0.467. The Morgan fingerprint density at radius 3 is 2.44 bits per heavy atom. The lowest BCUT2D eigenvalue weighted by molar-refractivity contribution is -0.136. The van der Waals surface area contributed by atoms with Crippen LogP contribution < -0.4 is 5.32 Å². The van der Waals surface area contributed by atoms with E-state index in [2.05, 4.69) is 10.2 Å². The zero-order chi connectivity index (χ0) is 28.7. The van der Waals surface area contributed by atoms with Crippen LogP contribution in [0.25, 0.3) is 11.1 Å². The number of piperazine rings is 1. The van der Waals surface area contributed by atoms with Gasteiger partial charge >= 0.3 is 0 Å². The van der Waals surface area contributed by atoms with Crippen molar-refractivity contribution in [2.75, 3.05) is 26.2 Å². The van der Waals surface area contributed by atoms with E-state index in [4.69, 9.17) is 11.6 Å². The number of piperidine rings is 1. The molecule has 1 N–H and O–H groups in total. The third-order valence-electron chi connectivity index (χ3n) is 8.01. The molecule has 1 atom stereocenters. The van der Waals surface area contributed by atoms with E-state index in [-0.39, 0.29) is 36.8 Å². The van der Waals surface area contributed by atoms with Crippen molar-refractivity contribution in [3.8, 4) is 11.1 Å². The van der Waals surface area contributed by atoms with Crippen LogP contribution in [0.15, 0.2) is 60.7 Å². The minimum absolute atomic E-state index is 0.00628. The molecule has 1 unspecified atom stereocenters. The molecule has 3 aromatic carbocycles. The largest absolute Gasteiger partial charge is 0.336 e. The number of imide groups is 1. The van der Waals surface area contributed by atoms with Gasteiger partial charge in [-0.05, 0) is 52.9 Å². The first-order chi connectivity index (χ1) is 19.8. The third kappa shape index (κ3) is 5.35. The molecule has 4 amide bonds. The number of carbonyl (C=O) groups is 4. The Kier molecular flexibility index (Phi) is 7.32. The highest BCUT2D eigenvalue weighted by atomic mass is 35.5. The minimum Gasteiger partial charge on any atom is -0.336 e. The SMILES string of the molecule is O=C1CCC(N2Cc3cc(CN4CCN(C(=O)c5ccccc5-c5ccc(Cl)cc5)CC4)cc(F)c3C2=O)C(=O)N1. The molecular weight excluding hydrogens is 547 g/mol. The van der Waals surface area contributed by atoms with E-state index in [1.54, 1.807) is 12.1 Å². The second kappa shape index (κ2) is 11.1. The normalized spacial score (nSPS) is 19.4. The highest BCUT2D eigenvalue weighted by Gasteiger charge is 2.40. The van der Waals surface area contributed by atoms with Gasteiger partial charge in [-0.15, -0.1) is 0 Å². The number of hydrogen-bond acceptors (Lipinski definition) is 5. The van der Waals surface area contributed by atoms with E-state index >= 15 is 4.39 Å². The third-order valence-corrected chi connectivity index (χ3v) is 8.26. The van der Waals surface area contributed by atoms with Crippen LogP contribution in [-0.2, 0) is 22.7 Å². The van der Waals surface area contributed by atoms with E-state index in [0.717, 1.165) is 16.7 Å². The van der Waals surface area contributed by atoms with E-state index in [9.17, 15) is 19.2 Å². The fraction of sp³-hybridized carbons (Fsp3) is 0.290. The summed E-state index contributed by atoms with van der Waals surface area (Å²) < 4.78 is 15.1. The maximum absolute atomic E-state index is 15.1. The number of carbonyl (C=O) groups excluding carboxylic acids is 4. The second-order valence-electron chi connectivity index (χ2n) is 10.6. The van der Waals surface area contributed by atoms with E-state index in [1.165, 1.54) is 11.0 Å². The molecule has 0 saturated carbocycles. The van der Waals surface area contributed by atoms with Crippen molar-refractivity contribution in [1.82, 2.24) is 20.0 Å². The average molecular weight is 575 g/mol. The van der Waals surface area contributed by atoms with Gasteiger partial charge in [0.05, 0.1) is 5.56 Å². The highest BCUT2D eigenvalue weighted by Crippen LogP contribution is 2.31. The molecule has 3 heterocycles. The van der Waals surface area contributed by atoms with Crippen LogP contribution >= 0.6 is 11.6 Å². The Balaban J connectivity index is 1.11. The Morgan fingerprint density at radius 2 is 1.71 bits per heavy atom. The van der Waals surface area contributed by atoms with Gasteiger partial charge < -0.3 is 9.80 Å². The first-order valence-corrected chi connectivity index (χ1v) is 14.0. The molecule has 2 fully saturated rings. The first-order valence-electron chi connectivity index (χ1n) is 13.6. The number of benzene rings is 3. The molecule has 8 nitrogen and oxygen atoms in total. The number of fused-ring (bicyclic) bond motifs is 1. The zero-order valence-corrected chi connectivity index (χ0v) is 23.0. The van der Waals surface area contributed by atoms with Gasteiger partial charge in [0.1, 0.15) is 11.9 Å². The van der Waals surface area contributed by atoms with Gasteiger partial charge in [0.15, 0.2) is 0 Å². The van der Waals surface area contributed by atoms with Crippen molar-refractivity contribution < 1.29 is 23.6 Å². The predicted molar refractivity (Wildman–Crippen MR) is 151 cm³/mol. The summed E-state index contributed by atoms with van der Waals surface area (Å²) in [6.07, 6.45) is 0.373. The van der Waals surface area contributed by atoms with Crippen molar-refractivity contribution in [2.45, 2.75) is 32.0 Å². The van der Waals surface area contributed by atoms with Gasteiger partial charge in [0.25, 0.3) is 11.8 Å². The van der Waals surface area contributed by atoms with Crippen molar-refractivity contribution in [1.29, 1.82) is 0 Å². The Bertz CT molecular complexity index is 1550. The fourth-order valence-electron chi connectivity index (χ4n) is 5.90. The Hall–Kier alpha value is -4.08. The van der Waals surface area contributed by atoms with Crippen LogP contribution in [0.5, 0.6) is 0 Å². The van der Waals surface area contributed by atoms with Crippen molar-refractivity contribution in [3.05, 3.63) is 93.8 Å². The van der Waals surface area contributed by atoms with Gasteiger partial charge in [0.2, 0.25) is 11.8 Å². The maximum atomic E-state index is 15.1. The maximum Gasteiger partial charge on any atom is 0.258 e. The molecule has 0 aliphatic carbocycles. The Labute approximate surface area is 241 Å². The molecule has 210 valence electrons. The molecule has 0 spiro atoms. The summed E-state index contributed by atoms with van der Waals surface area (Å²) in [5, 5.41) is 2.90. The number of rotatable bonds is 5. The van der Waals surface area contributed by atoms with E-state index in [1.807, 2.05) is 47.4 Å². The molecule has 0 radical (unpaired) electrons. The van der Waals surface area contributed by atoms with Gasteiger partial charge in [-0.3, -0.25) is 29.4 Å². The first kappa shape index (κ1) is 27.1. The lowest BCUT2D eigenvalue weighted by Crippen LogP contribution is -2.52. The summed E-state index contributed by atoms with van der Waals surface area (Å²) in [6, 6.07) is 17.4. The molecule has 3 aliphatic heterocycles. The van der Waals surface area contributed by atoms with Crippen molar-refractivity contribution >= 4 is 35.2 Å². The van der Waals surface area contributed by atoms with Gasteiger partial charge in [-0.2, -0.15) is 0 Å². The van der Waals surface area contributed by atoms with Crippen LogP contribution in [0.3, 0.4) is 0 Å². The molecule has 3 aliphatic rings. The smallest absolute Gasteiger partial charge is 0.258 e. The lowest BCUT2D eigenvalue weighted by Gasteiger charge is -2.35. The topological polar surface area (TPSA) is 90.0 Å². The molecule has 0 bridgehead atoms. The minimum atomic E-state index is -0.786. The fourth-order valence-corrected chi connectivity index (χ4v) is 6.03. The summed E-state index contributed by atoms with van der Waals surface area (Å²) in [5.74, 6) is -2.05. The molecular formula is C31H28ClFN4O4. The zero-order valence-electron chi connectivity index (χ0n) is 22.2. The summed E-state index contributed by atoms with van der Waals surface area (Å²) in [4.78, 5) is 55.6. The van der Waals surface area contributed by atoms with Crippen LogP contribution in [0.2, 0.25) is 5.02 Å². The van der Waals surface area contributed by atoms with Crippen LogP contribution in [0, 0.1) is 5.82 Å². The van der Waals surface area contributed by atoms with Crippen LogP contribution in [-0.4, -0.2) is 70.5 Å². The molecule has 10 heteroatoms. The summed E-state index contributed by atoms with van der Waals surface area (Å²) in [6.45, 7) is 2.90. The number of amides is 4. The molecule has 2 saturated heterocycles. The van der Waals surface area contributed by atoms with Gasteiger partial charge in [-0.1, -0.05) is 48.0 Å². The average Bonchev–Trinajstić information content (AvgIpc) is 3.29. The van der Waals surface area contributed by atoms with Crippen molar-refractivity contribution in [2.24, 2.45) is 0 Å². The summed E-state index contributed by atoms with van der Waals surface area (Å²) in [7, 11) is 0. The number of nitrogens with one attached hydrogen (secondary N) is 1. The van der Waals surface area contributed by atoms with Crippen molar-refractivity contribution in [3.63, 3.8) is 0 Å². The molecule has 41 heavy (non-hydrogen) atoms. The van der Waals surface area contributed by atoms with E-state index in [0.29, 0.717) is 48.9 Å². The van der Waals surface area contributed by atoms with Crippen LogP contribution in [0.1, 0.15) is 44.7 Å². The molecule has 0 aromatic heterocycles. The second-order valence-corrected chi connectivity index (χ2v) is 11.1. The van der Waals surface area contributed by atoms with Crippen LogP contribution in [0.4, 0.5) is 4.39 Å². The summed E-state index contributed by atoms with van der Waals surface area (Å²) in [5.41, 5.74) is 3.67. The Morgan fingerprint density at radius 1 is 0.976 bits per heavy atom. The lowest BCUT2D eigenvalue weighted by atomic mass is 9.98. The summed E-state index contributed by atoms with van der Waals surface area (Å²) >= 11 is 6.04. The number of halogens is 2. The standard InChI is InChI=1S/C31H28ClFN4O4/c32-22-7-5-20(6-8-22)23-3-1-2-4-24(23)30(40)36-13-11-35(12-14-36)17-19-15-21-18-37(31(41)28(21)25(33)16-19)26-9-10-27(38)34-29(26)39/h1-8,15-16,26H,9-14,17-18H2,(H,34,38,39). The number of hydrogen-bond donors (Lipinski definition) is 1. The highest BCUT2D eigenvalue weighted by molar-refractivity contribution is 6.30. The molecule has 6 rings (SSSR count).